The lowest BCUT2D eigenvalue weighted by Gasteiger charge is -2.14. The molecular formula is C14H21BrN2O. The van der Waals surface area contributed by atoms with E-state index in [1.165, 1.54) is 5.56 Å². The first-order chi connectivity index (χ1) is 8.49. The van der Waals surface area contributed by atoms with Gasteiger partial charge in [0.2, 0.25) is 5.91 Å². The van der Waals surface area contributed by atoms with Crippen molar-refractivity contribution < 1.29 is 4.79 Å². The third kappa shape index (κ3) is 5.65. The smallest absolute Gasteiger partial charge is 0.233 e. The van der Waals surface area contributed by atoms with E-state index in [2.05, 4.69) is 47.3 Å². The number of hydrogen-bond donors (Lipinski definition) is 2. The Kier molecular flexibility index (Phi) is 6.36. The second-order valence-corrected chi connectivity index (χ2v) is 5.77. The number of amides is 1. The Morgan fingerprint density at radius 2 is 1.83 bits per heavy atom. The molecule has 0 aliphatic heterocycles. The van der Waals surface area contributed by atoms with Crippen LogP contribution in [-0.4, -0.2) is 19.0 Å². The van der Waals surface area contributed by atoms with E-state index in [1.54, 1.807) is 0 Å². The van der Waals surface area contributed by atoms with Crippen molar-refractivity contribution in [3.63, 3.8) is 0 Å². The molecule has 4 heteroatoms. The van der Waals surface area contributed by atoms with Gasteiger partial charge in [0.05, 0.1) is 6.54 Å². The minimum absolute atomic E-state index is 0.0488. The van der Waals surface area contributed by atoms with Gasteiger partial charge in [-0.25, -0.2) is 0 Å². The minimum atomic E-state index is 0.0488. The van der Waals surface area contributed by atoms with E-state index in [0.29, 0.717) is 12.5 Å². The van der Waals surface area contributed by atoms with Crippen LogP contribution >= 0.6 is 15.9 Å². The lowest BCUT2D eigenvalue weighted by molar-refractivity contribution is -0.120. The summed E-state index contributed by atoms with van der Waals surface area (Å²) in [6.45, 7) is 7.30. The quantitative estimate of drug-likeness (QED) is 0.848. The molecule has 0 aliphatic carbocycles. The zero-order valence-corrected chi connectivity index (χ0v) is 12.8. The molecule has 0 fully saturated rings. The fourth-order valence-electron chi connectivity index (χ4n) is 1.50. The summed E-state index contributed by atoms with van der Waals surface area (Å²) in [6, 6.07) is 8.28. The summed E-state index contributed by atoms with van der Waals surface area (Å²) in [7, 11) is 0. The van der Waals surface area contributed by atoms with E-state index in [-0.39, 0.29) is 11.9 Å². The van der Waals surface area contributed by atoms with Crippen LogP contribution in [-0.2, 0) is 4.79 Å². The van der Waals surface area contributed by atoms with Gasteiger partial charge in [-0.1, -0.05) is 41.9 Å². The number of rotatable bonds is 6. The van der Waals surface area contributed by atoms with Crippen molar-refractivity contribution >= 4 is 21.8 Å². The first kappa shape index (κ1) is 15.2. The van der Waals surface area contributed by atoms with Gasteiger partial charge < -0.3 is 10.6 Å². The van der Waals surface area contributed by atoms with E-state index >= 15 is 0 Å². The van der Waals surface area contributed by atoms with Crippen LogP contribution in [0.3, 0.4) is 0 Å². The predicted octanol–water partition coefficient (Wildman–Crippen LogP) is 2.87. The molecule has 1 aromatic rings. The molecule has 0 spiro atoms. The van der Waals surface area contributed by atoms with Crippen molar-refractivity contribution in [1.29, 1.82) is 0 Å². The van der Waals surface area contributed by atoms with Crippen LogP contribution in [0, 0.1) is 5.92 Å². The van der Waals surface area contributed by atoms with Crippen molar-refractivity contribution in [2.75, 3.05) is 13.1 Å². The van der Waals surface area contributed by atoms with Gasteiger partial charge in [0.25, 0.3) is 0 Å². The van der Waals surface area contributed by atoms with E-state index < -0.39 is 0 Å². The first-order valence-electron chi connectivity index (χ1n) is 6.24. The average Bonchev–Trinajstić information content (AvgIpc) is 2.34. The summed E-state index contributed by atoms with van der Waals surface area (Å²) in [6.07, 6.45) is 0. The van der Waals surface area contributed by atoms with Gasteiger partial charge in [-0.2, -0.15) is 0 Å². The number of hydrogen-bond acceptors (Lipinski definition) is 2. The van der Waals surface area contributed by atoms with E-state index in [9.17, 15) is 4.79 Å². The van der Waals surface area contributed by atoms with Crippen molar-refractivity contribution in [2.24, 2.45) is 5.92 Å². The van der Waals surface area contributed by atoms with Crippen LogP contribution in [0.25, 0.3) is 0 Å². The molecule has 0 aromatic heterocycles. The molecule has 1 amide bonds. The number of halogens is 1. The van der Waals surface area contributed by atoms with Gasteiger partial charge in [0.15, 0.2) is 0 Å². The SMILES string of the molecule is CC(C)CNC(=O)CN[C@H](C)c1ccc(Br)cc1. The Morgan fingerprint density at radius 1 is 1.22 bits per heavy atom. The Balaban J connectivity index is 2.34. The van der Waals surface area contributed by atoms with Crippen LogP contribution in [0.5, 0.6) is 0 Å². The van der Waals surface area contributed by atoms with Crippen LogP contribution in [0.1, 0.15) is 32.4 Å². The molecule has 1 rings (SSSR count). The zero-order chi connectivity index (χ0) is 13.5. The van der Waals surface area contributed by atoms with Gasteiger partial charge >= 0.3 is 0 Å². The maximum Gasteiger partial charge on any atom is 0.233 e. The third-order valence-corrected chi connectivity index (χ3v) is 3.17. The lowest BCUT2D eigenvalue weighted by Crippen LogP contribution is -2.36. The van der Waals surface area contributed by atoms with Gasteiger partial charge in [0, 0.05) is 17.1 Å². The summed E-state index contributed by atoms with van der Waals surface area (Å²) in [5.41, 5.74) is 1.18. The number of benzene rings is 1. The molecule has 3 nitrogen and oxygen atoms in total. The molecule has 0 heterocycles. The van der Waals surface area contributed by atoms with Crippen LogP contribution < -0.4 is 10.6 Å². The number of carbonyl (C=O) groups excluding carboxylic acids is 1. The highest BCUT2D eigenvalue weighted by Gasteiger charge is 2.07. The highest BCUT2D eigenvalue weighted by atomic mass is 79.9. The fourth-order valence-corrected chi connectivity index (χ4v) is 1.76. The van der Waals surface area contributed by atoms with E-state index in [0.717, 1.165) is 11.0 Å². The van der Waals surface area contributed by atoms with Crippen LogP contribution in [0.15, 0.2) is 28.7 Å². The molecular weight excluding hydrogens is 292 g/mol. The second-order valence-electron chi connectivity index (χ2n) is 4.85. The molecule has 0 aliphatic rings. The zero-order valence-electron chi connectivity index (χ0n) is 11.2. The van der Waals surface area contributed by atoms with Gasteiger partial charge in [-0.3, -0.25) is 4.79 Å². The van der Waals surface area contributed by atoms with Crippen molar-refractivity contribution in [3.8, 4) is 0 Å². The third-order valence-electron chi connectivity index (χ3n) is 2.65. The van der Waals surface area contributed by atoms with Crippen molar-refractivity contribution in [3.05, 3.63) is 34.3 Å². The largest absolute Gasteiger partial charge is 0.355 e. The Labute approximate surface area is 117 Å². The molecule has 0 radical (unpaired) electrons. The highest BCUT2D eigenvalue weighted by molar-refractivity contribution is 9.10. The van der Waals surface area contributed by atoms with E-state index in [4.69, 9.17) is 0 Å². The van der Waals surface area contributed by atoms with Crippen molar-refractivity contribution in [2.45, 2.75) is 26.8 Å². The van der Waals surface area contributed by atoms with E-state index in [1.807, 2.05) is 24.3 Å². The molecule has 0 bridgehead atoms. The maximum absolute atomic E-state index is 11.6. The van der Waals surface area contributed by atoms with Gasteiger partial charge in [-0.05, 0) is 30.5 Å². The summed E-state index contributed by atoms with van der Waals surface area (Å²) >= 11 is 3.41. The standard InChI is InChI=1S/C14H21BrN2O/c1-10(2)8-17-14(18)9-16-11(3)12-4-6-13(15)7-5-12/h4-7,10-11,16H,8-9H2,1-3H3,(H,17,18)/t11-/m1/s1. The maximum atomic E-state index is 11.6. The predicted molar refractivity (Wildman–Crippen MR) is 78.4 cm³/mol. The molecule has 18 heavy (non-hydrogen) atoms. The van der Waals surface area contributed by atoms with Crippen LogP contribution in [0.2, 0.25) is 0 Å². The monoisotopic (exact) mass is 312 g/mol. The van der Waals surface area contributed by atoms with Crippen LogP contribution in [0.4, 0.5) is 0 Å². The molecule has 0 saturated heterocycles. The number of carbonyl (C=O) groups is 1. The van der Waals surface area contributed by atoms with Gasteiger partial charge in [0.1, 0.15) is 0 Å². The summed E-state index contributed by atoms with van der Waals surface area (Å²) in [4.78, 5) is 11.6. The molecule has 0 saturated carbocycles. The minimum Gasteiger partial charge on any atom is -0.355 e. The molecule has 1 atom stereocenters. The summed E-state index contributed by atoms with van der Waals surface area (Å²) < 4.78 is 1.06. The Morgan fingerprint density at radius 3 is 2.39 bits per heavy atom. The number of nitrogens with one attached hydrogen (secondary N) is 2. The molecule has 0 unspecified atom stereocenters. The normalized spacial score (nSPS) is 12.5. The average molecular weight is 313 g/mol. The molecule has 2 N–H and O–H groups in total. The summed E-state index contributed by atoms with van der Waals surface area (Å²) in [5, 5.41) is 6.10. The molecule has 1 aromatic carbocycles. The summed E-state index contributed by atoms with van der Waals surface area (Å²) in [5.74, 6) is 0.533. The Bertz CT molecular complexity index is 376. The lowest BCUT2D eigenvalue weighted by atomic mass is 10.1. The fraction of sp³-hybridized carbons (Fsp3) is 0.500. The van der Waals surface area contributed by atoms with Gasteiger partial charge in [-0.15, -0.1) is 0 Å². The highest BCUT2D eigenvalue weighted by Crippen LogP contribution is 2.16. The Hall–Kier alpha value is -0.870. The topological polar surface area (TPSA) is 41.1 Å². The molecule has 100 valence electrons. The second kappa shape index (κ2) is 7.54. The van der Waals surface area contributed by atoms with Crippen molar-refractivity contribution in [1.82, 2.24) is 10.6 Å². The first-order valence-corrected chi connectivity index (χ1v) is 7.04.